The van der Waals surface area contributed by atoms with Crippen molar-refractivity contribution in [1.29, 1.82) is 0 Å². The van der Waals surface area contributed by atoms with Gasteiger partial charge in [-0.1, -0.05) is 112 Å². The Kier molecular flexibility index (Phi) is 8.77. The average molecular weight is 547 g/mol. The van der Waals surface area contributed by atoms with E-state index in [1.165, 1.54) is 4.90 Å². The van der Waals surface area contributed by atoms with Crippen molar-refractivity contribution < 1.29 is 23.9 Å². The number of rotatable bonds is 8. The molecule has 0 saturated carbocycles. The summed E-state index contributed by atoms with van der Waals surface area (Å²) >= 11 is 0. The molecule has 3 atom stereocenters. The second-order valence-corrected chi connectivity index (χ2v) is 15.3. The second kappa shape index (κ2) is 12.0. The second-order valence-electron chi connectivity index (χ2n) is 11.1. The highest BCUT2D eigenvalue weighted by molar-refractivity contribution is 6.99. The zero-order valence-electron chi connectivity index (χ0n) is 23.0. The first-order valence-corrected chi connectivity index (χ1v) is 15.3. The Labute approximate surface area is 231 Å². The lowest BCUT2D eigenvalue weighted by Gasteiger charge is -2.46. The van der Waals surface area contributed by atoms with Crippen LogP contribution >= 0.6 is 0 Å². The third kappa shape index (κ3) is 6.18. The average Bonchev–Trinajstić information content (AvgIpc) is 3.35. The lowest BCUT2D eigenvalue weighted by Crippen LogP contribution is -2.69. The largest absolute Gasteiger partial charge is 0.465 e. The molecule has 1 unspecified atom stereocenters. The van der Waals surface area contributed by atoms with Gasteiger partial charge in [0.05, 0.1) is 18.2 Å². The maximum atomic E-state index is 12.7. The molecule has 206 valence electrons. The van der Waals surface area contributed by atoms with Gasteiger partial charge in [-0.2, -0.15) is 0 Å². The van der Waals surface area contributed by atoms with Crippen LogP contribution in [0.3, 0.4) is 0 Å². The number of hydrogen-bond acceptors (Lipinski definition) is 4. The van der Waals surface area contributed by atoms with E-state index in [0.29, 0.717) is 13.0 Å². The first-order valence-electron chi connectivity index (χ1n) is 13.4. The van der Waals surface area contributed by atoms with Crippen molar-refractivity contribution in [2.75, 3.05) is 6.54 Å². The van der Waals surface area contributed by atoms with Crippen LogP contribution in [0, 0.1) is 0 Å². The quantitative estimate of drug-likeness (QED) is 0.388. The number of alkyl carbamates (subject to hydrolysis) is 1. The maximum absolute atomic E-state index is 12.7. The highest BCUT2D eigenvalue weighted by Gasteiger charge is 2.54. The predicted octanol–water partition coefficient (Wildman–Crippen LogP) is 5.00. The van der Waals surface area contributed by atoms with E-state index in [0.717, 1.165) is 15.9 Å². The number of carboxylic acid groups (broad SMARTS) is 1. The summed E-state index contributed by atoms with van der Waals surface area (Å²) in [5, 5.41) is 14.9. The maximum Gasteiger partial charge on any atom is 0.407 e. The van der Waals surface area contributed by atoms with Gasteiger partial charge < -0.3 is 24.5 Å². The van der Waals surface area contributed by atoms with Crippen LogP contribution in [-0.2, 0) is 15.8 Å². The molecule has 39 heavy (non-hydrogen) atoms. The monoisotopic (exact) mass is 546 g/mol. The molecule has 7 nitrogen and oxygen atoms in total. The zero-order valence-corrected chi connectivity index (χ0v) is 24.0. The van der Waals surface area contributed by atoms with E-state index < -0.39 is 38.7 Å². The molecule has 1 aliphatic heterocycles. The van der Waals surface area contributed by atoms with Crippen molar-refractivity contribution in [2.24, 2.45) is 0 Å². The number of likely N-dealkylation sites (tertiary alicyclic amines) is 1. The van der Waals surface area contributed by atoms with E-state index in [2.05, 4.69) is 50.4 Å². The molecule has 0 radical (unpaired) electrons. The summed E-state index contributed by atoms with van der Waals surface area (Å²) in [7, 11) is -2.93. The molecule has 4 rings (SSSR count). The highest BCUT2D eigenvalue weighted by atomic mass is 28.4. The van der Waals surface area contributed by atoms with E-state index in [4.69, 9.17) is 9.16 Å². The standard InChI is InChI=1S/C31H38N2O5Si/c1-23(32-29(34)37-22-24-14-8-5-9-15-24)28-27(20-21-33(28)30(35)36)38-39(31(2,3)4,25-16-10-6-11-17-25)26-18-12-7-13-19-26/h5-19,23,27-28H,20-22H2,1-4H3,(H,32,34)(H,35,36)/t23?,27-,28+/m0/s1. The fourth-order valence-electron chi connectivity index (χ4n) is 5.68. The highest BCUT2D eigenvalue weighted by Crippen LogP contribution is 2.40. The number of amides is 2. The number of carbonyl (C=O) groups excluding carboxylic acids is 1. The van der Waals surface area contributed by atoms with Gasteiger partial charge in [-0.3, -0.25) is 0 Å². The number of carbonyl (C=O) groups is 2. The minimum Gasteiger partial charge on any atom is -0.465 e. The number of nitrogens with one attached hydrogen (secondary N) is 1. The third-order valence-corrected chi connectivity index (χ3v) is 12.5. The molecule has 3 aromatic carbocycles. The molecule has 8 heteroatoms. The van der Waals surface area contributed by atoms with Crippen LogP contribution in [-0.4, -0.2) is 55.2 Å². The smallest absolute Gasteiger partial charge is 0.407 e. The molecule has 1 aliphatic rings. The molecular weight excluding hydrogens is 508 g/mol. The van der Waals surface area contributed by atoms with Gasteiger partial charge in [0.25, 0.3) is 8.32 Å². The lowest BCUT2D eigenvalue weighted by atomic mass is 10.1. The van der Waals surface area contributed by atoms with Crippen molar-refractivity contribution in [3.8, 4) is 0 Å². The Balaban J connectivity index is 1.64. The van der Waals surface area contributed by atoms with Crippen LogP contribution < -0.4 is 15.7 Å². The van der Waals surface area contributed by atoms with Gasteiger partial charge in [0.15, 0.2) is 0 Å². The van der Waals surface area contributed by atoms with Crippen LogP contribution in [0.15, 0.2) is 91.0 Å². The molecule has 2 N–H and O–H groups in total. The van der Waals surface area contributed by atoms with Crippen LogP contribution in [0.2, 0.25) is 5.04 Å². The van der Waals surface area contributed by atoms with E-state index in [9.17, 15) is 14.7 Å². The summed E-state index contributed by atoms with van der Waals surface area (Å²) in [4.78, 5) is 26.4. The Bertz CT molecular complexity index is 1190. The van der Waals surface area contributed by atoms with Gasteiger partial charge in [0.2, 0.25) is 0 Å². The molecule has 0 bridgehead atoms. The molecule has 3 aromatic rings. The topological polar surface area (TPSA) is 88.1 Å². The minimum absolute atomic E-state index is 0.134. The fourth-order valence-corrected chi connectivity index (χ4v) is 10.4. The predicted molar refractivity (Wildman–Crippen MR) is 155 cm³/mol. The van der Waals surface area contributed by atoms with Crippen molar-refractivity contribution in [3.05, 3.63) is 96.6 Å². The summed E-state index contributed by atoms with van der Waals surface area (Å²) in [6.07, 6.45) is -1.50. The van der Waals surface area contributed by atoms with Crippen LogP contribution in [0.1, 0.15) is 39.7 Å². The number of benzene rings is 3. The summed E-state index contributed by atoms with van der Waals surface area (Å²) in [6, 6.07) is 28.9. The SMILES string of the molecule is CC(NC(=O)OCc1ccccc1)[C@@H]1[C@@H](O[Si](c2ccccc2)(c2ccccc2)C(C)(C)C)CCN1C(=O)O. The van der Waals surface area contributed by atoms with Gasteiger partial charge in [-0.05, 0) is 34.3 Å². The van der Waals surface area contributed by atoms with Gasteiger partial charge in [-0.25, -0.2) is 9.59 Å². The Morgan fingerprint density at radius 2 is 1.46 bits per heavy atom. The minimum atomic E-state index is -2.93. The number of nitrogens with zero attached hydrogens (tertiary/aromatic N) is 1. The summed E-state index contributed by atoms with van der Waals surface area (Å²) in [5.41, 5.74) is 0.876. The van der Waals surface area contributed by atoms with E-state index in [1.54, 1.807) is 0 Å². The van der Waals surface area contributed by atoms with Crippen molar-refractivity contribution in [3.63, 3.8) is 0 Å². The normalized spacial score (nSPS) is 18.4. The van der Waals surface area contributed by atoms with Crippen LogP contribution in [0.5, 0.6) is 0 Å². The van der Waals surface area contributed by atoms with Gasteiger partial charge in [-0.15, -0.1) is 0 Å². The van der Waals surface area contributed by atoms with Gasteiger partial charge in [0.1, 0.15) is 6.61 Å². The Hall–Kier alpha value is -3.62. The van der Waals surface area contributed by atoms with E-state index in [1.807, 2.05) is 73.7 Å². The van der Waals surface area contributed by atoms with Crippen molar-refractivity contribution >= 4 is 30.9 Å². The van der Waals surface area contributed by atoms with E-state index >= 15 is 0 Å². The van der Waals surface area contributed by atoms with E-state index in [-0.39, 0.29) is 11.6 Å². The zero-order chi connectivity index (χ0) is 28.0. The Morgan fingerprint density at radius 3 is 1.95 bits per heavy atom. The number of ether oxygens (including phenoxy) is 1. The fraction of sp³-hybridized carbons (Fsp3) is 0.355. The lowest BCUT2D eigenvalue weighted by molar-refractivity contribution is 0.0843. The molecule has 0 spiro atoms. The molecule has 1 fully saturated rings. The first-order chi connectivity index (χ1) is 18.6. The summed E-state index contributed by atoms with van der Waals surface area (Å²) in [5.74, 6) is 0. The molecular formula is C31H38N2O5Si. The molecule has 2 amide bonds. The molecule has 0 aliphatic carbocycles. The molecule has 1 heterocycles. The third-order valence-electron chi connectivity index (χ3n) is 7.46. The Morgan fingerprint density at radius 1 is 0.949 bits per heavy atom. The van der Waals surface area contributed by atoms with Crippen molar-refractivity contribution in [1.82, 2.24) is 10.2 Å². The summed E-state index contributed by atoms with van der Waals surface area (Å²) < 4.78 is 12.7. The molecule has 0 aromatic heterocycles. The van der Waals surface area contributed by atoms with Gasteiger partial charge >= 0.3 is 12.2 Å². The van der Waals surface area contributed by atoms with Crippen LogP contribution in [0.4, 0.5) is 9.59 Å². The molecule has 1 saturated heterocycles. The summed E-state index contributed by atoms with van der Waals surface area (Å²) in [6.45, 7) is 8.86. The number of hydrogen-bond donors (Lipinski definition) is 2. The van der Waals surface area contributed by atoms with Crippen molar-refractivity contribution in [2.45, 2.75) is 63.9 Å². The van der Waals surface area contributed by atoms with Crippen LogP contribution in [0.25, 0.3) is 0 Å². The first kappa shape index (κ1) is 28.4. The van der Waals surface area contributed by atoms with Gasteiger partial charge in [0, 0.05) is 6.54 Å².